The second-order valence-corrected chi connectivity index (χ2v) is 5.49. The van der Waals surface area contributed by atoms with Crippen LogP contribution in [0.15, 0.2) is 18.6 Å². The molecular formula is C14H20N6O. The zero-order valence-corrected chi connectivity index (χ0v) is 12.1. The third kappa shape index (κ3) is 2.23. The second-order valence-electron chi connectivity index (χ2n) is 5.49. The summed E-state index contributed by atoms with van der Waals surface area (Å²) in [5.74, 6) is 0.961. The van der Waals surface area contributed by atoms with Crippen molar-refractivity contribution in [3.05, 3.63) is 18.6 Å². The van der Waals surface area contributed by atoms with Crippen LogP contribution in [0.2, 0.25) is 0 Å². The molecule has 1 fully saturated rings. The zero-order chi connectivity index (χ0) is 14.9. The summed E-state index contributed by atoms with van der Waals surface area (Å²) < 4.78 is 0. The number of rotatable bonds is 3. The van der Waals surface area contributed by atoms with Gasteiger partial charge in [-0.2, -0.15) is 0 Å². The monoisotopic (exact) mass is 288 g/mol. The van der Waals surface area contributed by atoms with Crippen LogP contribution >= 0.6 is 0 Å². The molecule has 4 N–H and O–H groups in total. The van der Waals surface area contributed by atoms with Gasteiger partial charge in [0.25, 0.3) is 0 Å². The minimum atomic E-state index is -0.449. The van der Waals surface area contributed by atoms with E-state index in [0.29, 0.717) is 6.54 Å². The Balaban J connectivity index is 1.82. The van der Waals surface area contributed by atoms with E-state index in [0.717, 1.165) is 42.8 Å². The van der Waals surface area contributed by atoms with Gasteiger partial charge in [0, 0.05) is 32.9 Å². The number of anilines is 1. The number of hydrogen-bond donors (Lipinski definition) is 3. The van der Waals surface area contributed by atoms with E-state index in [-0.39, 0.29) is 5.91 Å². The standard InChI is InChI=1S/C14H20N6O/c1-16-13(21)14(8-15)3-6-20(7-4-14)12-10-2-5-17-11(10)18-9-19-12/h2,5,9H,3-4,6-8,15H2,1H3,(H,16,21)(H,17,18,19). The maximum Gasteiger partial charge on any atom is 0.227 e. The van der Waals surface area contributed by atoms with Gasteiger partial charge < -0.3 is 20.9 Å². The van der Waals surface area contributed by atoms with E-state index < -0.39 is 5.41 Å². The lowest BCUT2D eigenvalue weighted by Gasteiger charge is -2.40. The highest BCUT2D eigenvalue weighted by atomic mass is 16.2. The minimum Gasteiger partial charge on any atom is -0.359 e. The van der Waals surface area contributed by atoms with Gasteiger partial charge in [-0.3, -0.25) is 4.79 Å². The van der Waals surface area contributed by atoms with Crippen LogP contribution in [0.1, 0.15) is 12.8 Å². The molecule has 2 aromatic heterocycles. The van der Waals surface area contributed by atoms with Gasteiger partial charge in [-0.25, -0.2) is 9.97 Å². The van der Waals surface area contributed by atoms with E-state index in [9.17, 15) is 4.79 Å². The topological polar surface area (TPSA) is 99.9 Å². The molecule has 0 unspecified atom stereocenters. The van der Waals surface area contributed by atoms with Crippen LogP contribution in [0.3, 0.4) is 0 Å². The summed E-state index contributed by atoms with van der Waals surface area (Å²) in [6, 6.07) is 1.98. The first kappa shape index (κ1) is 13.8. The largest absolute Gasteiger partial charge is 0.359 e. The van der Waals surface area contributed by atoms with E-state index in [4.69, 9.17) is 5.73 Å². The molecule has 1 saturated heterocycles. The summed E-state index contributed by atoms with van der Waals surface area (Å²) in [4.78, 5) is 26.0. The molecule has 112 valence electrons. The van der Waals surface area contributed by atoms with Gasteiger partial charge in [0.05, 0.1) is 10.8 Å². The van der Waals surface area contributed by atoms with Crippen molar-refractivity contribution in [2.24, 2.45) is 11.1 Å². The van der Waals surface area contributed by atoms with Gasteiger partial charge in [0.2, 0.25) is 5.91 Å². The van der Waals surface area contributed by atoms with Crippen molar-refractivity contribution in [1.82, 2.24) is 20.3 Å². The average molecular weight is 288 g/mol. The van der Waals surface area contributed by atoms with Crippen LogP contribution in [0.5, 0.6) is 0 Å². The van der Waals surface area contributed by atoms with Crippen LogP contribution in [0, 0.1) is 5.41 Å². The highest BCUT2D eigenvalue weighted by Gasteiger charge is 2.40. The molecule has 0 aromatic carbocycles. The van der Waals surface area contributed by atoms with Crippen LogP contribution < -0.4 is 16.0 Å². The number of nitrogens with two attached hydrogens (primary N) is 1. The molecule has 2 aromatic rings. The number of piperidine rings is 1. The predicted molar refractivity (Wildman–Crippen MR) is 80.9 cm³/mol. The highest BCUT2D eigenvalue weighted by Crippen LogP contribution is 2.34. The fourth-order valence-electron chi connectivity index (χ4n) is 3.05. The van der Waals surface area contributed by atoms with Crippen LogP contribution in [-0.2, 0) is 4.79 Å². The molecule has 0 radical (unpaired) electrons. The van der Waals surface area contributed by atoms with Gasteiger partial charge in [0.15, 0.2) is 0 Å². The van der Waals surface area contributed by atoms with Crippen molar-refractivity contribution in [2.75, 3.05) is 31.6 Å². The first-order chi connectivity index (χ1) is 10.2. The summed E-state index contributed by atoms with van der Waals surface area (Å²) in [6.45, 7) is 1.91. The zero-order valence-electron chi connectivity index (χ0n) is 12.1. The number of nitrogens with one attached hydrogen (secondary N) is 2. The molecule has 1 aliphatic rings. The summed E-state index contributed by atoms with van der Waals surface area (Å²) >= 11 is 0. The van der Waals surface area contributed by atoms with E-state index >= 15 is 0 Å². The fourth-order valence-corrected chi connectivity index (χ4v) is 3.05. The lowest BCUT2D eigenvalue weighted by Crippen LogP contribution is -2.52. The normalized spacial score (nSPS) is 17.9. The lowest BCUT2D eigenvalue weighted by atomic mass is 9.77. The maximum atomic E-state index is 12.1. The Kier molecular flexibility index (Phi) is 3.50. The number of carbonyl (C=O) groups excluding carboxylic acids is 1. The molecule has 7 heteroatoms. The Labute approximate surface area is 122 Å². The number of H-pyrrole nitrogens is 1. The van der Waals surface area contributed by atoms with Crippen molar-refractivity contribution in [3.63, 3.8) is 0 Å². The predicted octanol–water partition coefficient (Wildman–Crippen LogP) is 0.249. The third-order valence-electron chi connectivity index (χ3n) is 4.45. The van der Waals surface area contributed by atoms with Crippen LogP contribution in [0.4, 0.5) is 5.82 Å². The van der Waals surface area contributed by atoms with E-state index in [1.54, 1.807) is 13.4 Å². The van der Waals surface area contributed by atoms with Gasteiger partial charge >= 0.3 is 0 Å². The van der Waals surface area contributed by atoms with Crippen LogP contribution in [-0.4, -0.2) is 47.5 Å². The first-order valence-corrected chi connectivity index (χ1v) is 7.15. The van der Waals surface area contributed by atoms with Crippen molar-refractivity contribution in [3.8, 4) is 0 Å². The van der Waals surface area contributed by atoms with Gasteiger partial charge in [-0.1, -0.05) is 0 Å². The Morgan fingerprint density at radius 2 is 2.24 bits per heavy atom. The van der Waals surface area contributed by atoms with Crippen LogP contribution in [0.25, 0.3) is 11.0 Å². The molecule has 1 aliphatic heterocycles. The molecule has 0 saturated carbocycles. The Morgan fingerprint density at radius 1 is 1.48 bits per heavy atom. The van der Waals surface area contributed by atoms with Gasteiger partial charge in [-0.05, 0) is 18.9 Å². The Hall–Kier alpha value is -2.15. The lowest BCUT2D eigenvalue weighted by molar-refractivity contribution is -0.131. The van der Waals surface area contributed by atoms with Gasteiger partial charge in [-0.15, -0.1) is 0 Å². The molecule has 7 nitrogen and oxygen atoms in total. The number of aromatic amines is 1. The molecule has 0 aliphatic carbocycles. The fraction of sp³-hybridized carbons (Fsp3) is 0.500. The van der Waals surface area contributed by atoms with Crippen molar-refractivity contribution >= 4 is 22.8 Å². The molecular weight excluding hydrogens is 268 g/mol. The number of amides is 1. The van der Waals surface area contributed by atoms with Gasteiger partial charge in [0.1, 0.15) is 17.8 Å². The minimum absolute atomic E-state index is 0.0409. The number of carbonyl (C=O) groups is 1. The molecule has 1 amide bonds. The SMILES string of the molecule is CNC(=O)C1(CN)CCN(c2ncnc3[nH]ccc23)CC1. The van der Waals surface area contributed by atoms with Crippen molar-refractivity contribution in [1.29, 1.82) is 0 Å². The number of nitrogens with zero attached hydrogens (tertiary/aromatic N) is 3. The average Bonchev–Trinajstić information content (AvgIpc) is 3.02. The molecule has 3 rings (SSSR count). The highest BCUT2D eigenvalue weighted by molar-refractivity contribution is 5.88. The number of fused-ring (bicyclic) bond motifs is 1. The third-order valence-corrected chi connectivity index (χ3v) is 4.45. The molecule has 0 spiro atoms. The molecule has 0 atom stereocenters. The number of hydrogen-bond acceptors (Lipinski definition) is 5. The summed E-state index contributed by atoms with van der Waals surface area (Å²) in [5, 5.41) is 3.75. The number of aromatic nitrogens is 3. The molecule has 21 heavy (non-hydrogen) atoms. The van der Waals surface area contributed by atoms with E-state index in [2.05, 4.69) is 25.2 Å². The van der Waals surface area contributed by atoms with E-state index in [1.165, 1.54) is 0 Å². The maximum absolute atomic E-state index is 12.1. The smallest absolute Gasteiger partial charge is 0.227 e. The van der Waals surface area contributed by atoms with E-state index in [1.807, 2.05) is 12.3 Å². The Bertz CT molecular complexity index is 644. The molecule has 3 heterocycles. The summed E-state index contributed by atoms with van der Waals surface area (Å²) in [7, 11) is 1.67. The Morgan fingerprint density at radius 3 is 2.90 bits per heavy atom. The first-order valence-electron chi connectivity index (χ1n) is 7.15. The van der Waals surface area contributed by atoms with Crippen molar-refractivity contribution in [2.45, 2.75) is 12.8 Å². The quantitative estimate of drug-likeness (QED) is 0.751. The summed E-state index contributed by atoms with van der Waals surface area (Å²) in [5.41, 5.74) is 6.25. The summed E-state index contributed by atoms with van der Waals surface area (Å²) in [6.07, 6.45) is 4.90. The molecule has 0 bridgehead atoms. The van der Waals surface area contributed by atoms with Crippen molar-refractivity contribution < 1.29 is 4.79 Å². The second kappa shape index (κ2) is 5.33.